The molecule has 10 rings (SSSR count). The second-order valence-corrected chi connectivity index (χ2v) is 11.7. The average Bonchev–Trinajstić information content (AvgIpc) is 3.77. The molecule has 45 heavy (non-hydrogen) atoms. The van der Waals surface area contributed by atoms with E-state index >= 15 is 0 Å². The molecular weight excluding hydrogens is 550 g/mol. The van der Waals surface area contributed by atoms with Gasteiger partial charge in [-0.3, -0.25) is 0 Å². The normalized spacial score (nSPS) is 12.0. The van der Waals surface area contributed by atoms with Crippen molar-refractivity contribution < 1.29 is 8.83 Å². The predicted octanol–water partition coefficient (Wildman–Crippen LogP) is 11.9. The van der Waals surface area contributed by atoms with E-state index in [0.717, 1.165) is 71.7 Å². The lowest BCUT2D eigenvalue weighted by Gasteiger charge is -2.08. The summed E-state index contributed by atoms with van der Waals surface area (Å²) in [6.07, 6.45) is 0. The molecule has 0 radical (unpaired) electrons. The molecular formula is C42H25NO2. The second-order valence-electron chi connectivity index (χ2n) is 11.7. The van der Waals surface area contributed by atoms with Crippen LogP contribution in [-0.4, -0.2) is 4.57 Å². The number of hydrogen-bond donors (Lipinski definition) is 0. The van der Waals surface area contributed by atoms with Gasteiger partial charge in [0.05, 0.1) is 16.7 Å². The van der Waals surface area contributed by atoms with E-state index in [2.05, 4.69) is 150 Å². The van der Waals surface area contributed by atoms with Gasteiger partial charge in [0.1, 0.15) is 16.7 Å². The Morgan fingerprint density at radius 3 is 1.62 bits per heavy atom. The van der Waals surface area contributed by atoms with Crippen LogP contribution in [0, 0.1) is 0 Å². The zero-order valence-electron chi connectivity index (χ0n) is 24.2. The van der Waals surface area contributed by atoms with Crippen molar-refractivity contribution in [1.82, 2.24) is 4.57 Å². The Balaban J connectivity index is 1.18. The molecule has 0 atom stereocenters. The fourth-order valence-electron chi connectivity index (χ4n) is 7.16. The third-order valence-corrected chi connectivity index (χ3v) is 9.20. The van der Waals surface area contributed by atoms with Crippen molar-refractivity contribution in [2.75, 3.05) is 0 Å². The number of fused-ring (bicyclic) bond motifs is 9. The zero-order chi connectivity index (χ0) is 29.5. The van der Waals surface area contributed by atoms with Crippen LogP contribution in [0.5, 0.6) is 0 Å². The third-order valence-electron chi connectivity index (χ3n) is 9.20. The largest absolute Gasteiger partial charge is 0.455 e. The van der Waals surface area contributed by atoms with Gasteiger partial charge in [-0.1, -0.05) is 115 Å². The number of hydrogen-bond acceptors (Lipinski definition) is 2. The molecule has 0 aliphatic heterocycles. The Labute approximate surface area is 258 Å². The Morgan fingerprint density at radius 2 is 0.889 bits per heavy atom. The molecule has 3 heteroatoms. The van der Waals surface area contributed by atoms with Crippen LogP contribution in [0.2, 0.25) is 0 Å². The fourth-order valence-corrected chi connectivity index (χ4v) is 7.16. The summed E-state index contributed by atoms with van der Waals surface area (Å²) in [6, 6.07) is 53.4. The summed E-state index contributed by atoms with van der Waals surface area (Å²) in [5.74, 6) is 0. The van der Waals surface area contributed by atoms with E-state index in [1.165, 1.54) is 21.9 Å². The molecule has 0 saturated heterocycles. The molecule has 7 aromatic carbocycles. The summed E-state index contributed by atoms with van der Waals surface area (Å²) in [4.78, 5) is 0. The van der Waals surface area contributed by atoms with Gasteiger partial charge in [-0.25, -0.2) is 0 Å². The number of nitrogens with zero attached hydrogens (tertiary/aromatic N) is 1. The molecule has 3 aromatic heterocycles. The van der Waals surface area contributed by atoms with Gasteiger partial charge in [0.15, 0.2) is 5.58 Å². The maximum Gasteiger partial charge on any atom is 0.159 e. The molecule has 0 saturated carbocycles. The van der Waals surface area contributed by atoms with E-state index in [-0.39, 0.29) is 0 Å². The van der Waals surface area contributed by atoms with Crippen molar-refractivity contribution in [3.63, 3.8) is 0 Å². The molecule has 3 heterocycles. The van der Waals surface area contributed by atoms with Crippen molar-refractivity contribution in [2.24, 2.45) is 0 Å². The Bertz CT molecular complexity index is 2710. The van der Waals surface area contributed by atoms with Crippen LogP contribution < -0.4 is 0 Å². The first-order chi connectivity index (χ1) is 22.3. The Hall–Kier alpha value is -6.06. The van der Waals surface area contributed by atoms with Gasteiger partial charge < -0.3 is 13.4 Å². The Morgan fingerprint density at radius 1 is 0.356 bits per heavy atom. The van der Waals surface area contributed by atoms with Gasteiger partial charge in [-0.2, -0.15) is 0 Å². The molecule has 0 spiro atoms. The minimum absolute atomic E-state index is 0.852. The van der Waals surface area contributed by atoms with Crippen molar-refractivity contribution in [2.45, 2.75) is 0 Å². The van der Waals surface area contributed by atoms with Crippen molar-refractivity contribution in [1.29, 1.82) is 0 Å². The van der Waals surface area contributed by atoms with Crippen LogP contribution in [0.3, 0.4) is 0 Å². The molecule has 0 aliphatic carbocycles. The van der Waals surface area contributed by atoms with Gasteiger partial charge >= 0.3 is 0 Å². The van der Waals surface area contributed by atoms with Crippen molar-refractivity contribution >= 4 is 65.7 Å². The van der Waals surface area contributed by atoms with Gasteiger partial charge in [0.25, 0.3) is 0 Å². The highest BCUT2D eigenvalue weighted by Crippen LogP contribution is 2.42. The second kappa shape index (κ2) is 9.22. The van der Waals surface area contributed by atoms with Gasteiger partial charge in [0.2, 0.25) is 0 Å². The van der Waals surface area contributed by atoms with Gasteiger partial charge in [0, 0.05) is 37.9 Å². The number of aromatic nitrogens is 1. The zero-order valence-corrected chi connectivity index (χ0v) is 24.2. The van der Waals surface area contributed by atoms with E-state index in [0.29, 0.717) is 0 Å². The molecule has 210 valence electrons. The molecule has 3 nitrogen and oxygen atoms in total. The first-order valence-corrected chi connectivity index (χ1v) is 15.3. The summed E-state index contributed by atoms with van der Waals surface area (Å²) in [6.45, 7) is 0. The van der Waals surface area contributed by atoms with Crippen LogP contribution in [0.25, 0.3) is 93.6 Å². The first-order valence-electron chi connectivity index (χ1n) is 15.3. The van der Waals surface area contributed by atoms with Crippen LogP contribution in [0.1, 0.15) is 0 Å². The fraction of sp³-hybridized carbons (Fsp3) is 0. The SMILES string of the molecule is c1ccc(-c2cccc(-c3cccc4c3oc3cc5c(cc34)oc3c(-n4c6ccccc6c6ccccc64)cccc35)c2)cc1. The summed E-state index contributed by atoms with van der Waals surface area (Å²) >= 11 is 0. The third kappa shape index (κ3) is 3.52. The highest BCUT2D eigenvalue weighted by Gasteiger charge is 2.20. The summed E-state index contributed by atoms with van der Waals surface area (Å²) < 4.78 is 15.8. The predicted molar refractivity (Wildman–Crippen MR) is 186 cm³/mol. The number of para-hydroxylation sites is 4. The Kier molecular flexibility index (Phi) is 5.00. The highest BCUT2D eigenvalue weighted by molar-refractivity contribution is 6.18. The summed E-state index contributed by atoms with van der Waals surface area (Å²) in [5, 5.41) is 6.72. The minimum Gasteiger partial charge on any atom is -0.455 e. The lowest BCUT2D eigenvalue weighted by molar-refractivity contribution is 0.663. The molecule has 0 fully saturated rings. The van der Waals surface area contributed by atoms with Crippen LogP contribution in [-0.2, 0) is 0 Å². The van der Waals surface area contributed by atoms with Crippen molar-refractivity contribution in [3.05, 3.63) is 152 Å². The minimum atomic E-state index is 0.852. The molecule has 0 N–H and O–H groups in total. The maximum absolute atomic E-state index is 6.75. The average molecular weight is 576 g/mol. The topological polar surface area (TPSA) is 31.2 Å². The quantitative estimate of drug-likeness (QED) is 0.210. The van der Waals surface area contributed by atoms with Gasteiger partial charge in [-0.05, 0) is 53.1 Å². The van der Waals surface area contributed by atoms with Crippen LogP contribution in [0.15, 0.2) is 160 Å². The lowest BCUT2D eigenvalue weighted by Crippen LogP contribution is -1.93. The molecule has 10 aromatic rings. The smallest absolute Gasteiger partial charge is 0.159 e. The summed E-state index contributed by atoms with van der Waals surface area (Å²) in [7, 11) is 0. The molecule has 0 aliphatic rings. The number of benzene rings is 7. The lowest BCUT2D eigenvalue weighted by atomic mass is 9.97. The molecule has 0 amide bonds. The number of rotatable bonds is 3. The highest BCUT2D eigenvalue weighted by atomic mass is 16.3. The van der Waals surface area contributed by atoms with E-state index < -0.39 is 0 Å². The van der Waals surface area contributed by atoms with Gasteiger partial charge in [-0.15, -0.1) is 0 Å². The molecule has 0 unspecified atom stereocenters. The van der Waals surface area contributed by atoms with Crippen LogP contribution in [0.4, 0.5) is 0 Å². The monoisotopic (exact) mass is 575 g/mol. The van der Waals surface area contributed by atoms with E-state index in [4.69, 9.17) is 8.83 Å². The van der Waals surface area contributed by atoms with E-state index in [9.17, 15) is 0 Å². The summed E-state index contributed by atoms with van der Waals surface area (Å²) in [5.41, 5.74) is 11.4. The van der Waals surface area contributed by atoms with Crippen LogP contribution >= 0.6 is 0 Å². The maximum atomic E-state index is 6.75. The van der Waals surface area contributed by atoms with Crippen molar-refractivity contribution in [3.8, 4) is 27.9 Å². The van der Waals surface area contributed by atoms with E-state index in [1.807, 2.05) is 6.07 Å². The van der Waals surface area contributed by atoms with E-state index in [1.54, 1.807) is 0 Å². The number of furan rings is 2. The standard InChI is InChI=1S/C42H25NO2/c1-2-11-26(12-3-1)27-13-8-14-28(23-27)29-17-9-18-32-34-24-40-35(25-39(34)44-41(29)32)33-19-10-22-38(42(33)45-40)43-36-20-6-4-15-30(36)31-16-5-7-21-37(31)43/h1-25H. The first kappa shape index (κ1) is 24.4. The molecule has 0 bridgehead atoms.